The molecular formula is C18H22N3O3+. The van der Waals surface area contributed by atoms with Gasteiger partial charge in [-0.2, -0.15) is 5.26 Å². The average Bonchev–Trinajstić information content (AvgIpc) is 3.07. The highest BCUT2D eigenvalue weighted by molar-refractivity contribution is 5.64. The van der Waals surface area contributed by atoms with E-state index in [1.807, 2.05) is 26.0 Å². The predicted molar refractivity (Wildman–Crippen MR) is 88.2 cm³/mol. The van der Waals surface area contributed by atoms with E-state index in [4.69, 9.17) is 14.3 Å². The van der Waals surface area contributed by atoms with E-state index in [1.165, 1.54) is 0 Å². The predicted octanol–water partition coefficient (Wildman–Crippen LogP) is 2.28. The molecule has 24 heavy (non-hydrogen) atoms. The molecule has 0 radical (unpaired) electrons. The van der Waals surface area contributed by atoms with Gasteiger partial charge in [-0.25, -0.2) is 4.98 Å². The van der Waals surface area contributed by atoms with Crippen LogP contribution >= 0.6 is 0 Å². The lowest BCUT2D eigenvalue weighted by molar-refractivity contribution is -0.350. The number of anilines is 1. The second-order valence-electron chi connectivity index (χ2n) is 6.53. The minimum Gasteiger partial charge on any atom is -0.461 e. The summed E-state index contributed by atoms with van der Waals surface area (Å²) < 4.78 is 11.5. The van der Waals surface area contributed by atoms with Crippen LogP contribution in [-0.2, 0) is 17.8 Å². The molecular weight excluding hydrogens is 306 g/mol. The molecule has 2 aromatic rings. The van der Waals surface area contributed by atoms with Crippen molar-refractivity contribution in [2.75, 3.05) is 18.5 Å². The molecule has 6 nitrogen and oxygen atoms in total. The van der Waals surface area contributed by atoms with Crippen LogP contribution in [0.25, 0.3) is 11.5 Å². The van der Waals surface area contributed by atoms with Crippen LogP contribution in [0.1, 0.15) is 37.0 Å². The monoisotopic (exact) mass is 328 g/mol. The molecule has 0 saturated carbocycles. The van der Waals surface area contributed by atoms with E-state index in [0.29, 0.717) is 43.1 Å². The molecule has 0 bridgehead atoms. The van der Waals surface area contributed by atoms with E-state index in [2.05, 4.69) is 16.4 Å². The molecule has 1 aliphatic heterocycles. The molecule has 0 amide bonds. The van der Waals surface area contributed by atoms with Crippen molar-refractivity contribution in [2.24, 2.45) is 0 Å². The summed E-state index contributed by atoms with van der Waals surface area (Å²) in [7, 11) is 0. The number of pyridine rings is 1. The Morgan fingerprint density at radius 2 is 2.25 bits per heavy atom. The van der Waals surface area contributed by atoms with Gasteiger partial charge < -0.3 is 14.3 Å². The SMILES string of the molecule is CC1(C)Cc2c(C#N)c(NCCCO)[nH+]c(-c3ccco3)c2CO1. The summed E-state index contributed by atoms with van der Waals surface area (Å²) in [5, 5.41) is 21.9. The Kier molecular flexibility index (Phi) is 4.56. The van der Waals surface area contributed by atoms with Crippen molar-refractivity contribution in [3.05, 3.63) is 35.1 Å². The first-order valence-electron chi connectivity index (χ1n) is 8.09. The number of aliphatic hydroxyl groups is 1. The van der Waals surface area contributed by atoms with Crippen molar-refractivity contribution < 1.29 is 19.2 Å². The summed E-state index contributed by atoms with van der Waals surface area (Å²) in [4.78, 5) is 3.29. The highest BCUT2D eigenvalue weighted by atomic mass is 16.5. The maximum Gasteiger partial charge on any atom is 0.291 e. The zero-order valence-corrected chi connectivity index (χ0v) is 14.0. The van der Waals surface area contributed by atoms with Gasteiger partial charge >= 0.3 is 0 Å². The standard InChI is InChI=1S/C18H21N3O3/c1-18(2)9-12-13(10-19)17(20-6-4-7-22)21-16(14(12)11-24-18)15-5-3-8-23-15/h3,5,8,22H,4,6-7,9,11H2,1-2H3,(H,20,21)/p+1. The molecule has 2 aromatic heterocycles. The number of aliphatic hydroxyl groups excluding tert-OH is 1. The summed E-state index contributed by atoms with van der Waals surface area (Å²) in [5.74, 6) is 1.37. The largest absolute Gasteiger partial charge is 0.461 e. The number of nitrogens with one attached hydrogen (secondary N) is 2. The number of aromatic nitrogens is 1. The fourth-order valence-electron chi connectivity index (χ4n) is 2.99. The van der Waals surface area contributed by atoms with Crippen LogP contribution in [0.5, 0.6) is 0 Å². The Bertz CT molecular complexity index is 761. The van der Waals surface area contributed by atoms with Gasteiger partial charge in [0.05, 0.1) is 25.0 Å². The number of furan rings is 1. The Balaban J connectivity index is 2.13. The second-order valence-corrected chi connectivity index (χ2v) is 6.53. The first-order valence-corrected chi connectivity index (χ1v) is 8.09. The van der Waals surface area contributed by atoms with Crippen molar-refractivity contribution in [3.8, 4) is 17.5 Å². The van der Waals surface area contributed by atoms with Crippen molar-refractivity contribution in [1.82, 2.24) is 0 Å². The number of fused-ring (bicyclic) bond motifs is 1. The number of nitrogens with zero attached hydrogens (tertiary/aromatic N) is 1. The average molecular weight is 328 g/mol. The zero-order chi connectivity index (χ0) is 17.2. The molecule has 0 aliphatic carbocycles. The maximum absolute atomic E-state index is 9.70. The third-order valence-corrected chi connectivity index (χ3v) is 4.19. The smallest absolute Gasteiger partial charge is 0.291 e. The van der Waals surface area contributed by atoms with Crippen molar-refractivity contribution in [1.29, 1.82) is 5.26 Å². The van der Waals surface area contributed by atoms with Crippen molar-refractivity contribution in [2.45, 2.75) is 38.9 Å². The molecule has 0 fully saturated rings. The van der Waals surface area contributed by atoms with Crippen LogP contribution in [-0.4, -0.2) is 23.9 Å². The summed E-state index contributed by atoms with van der Waals surface area (Å²) >= 11 is 0. The van der Waals surface area contributed by atoms with E-state index in [1.54, 1.807) is 6.26 Å². The molecule has 126 valence electrons. The Morgan fingerprint density at radius 3 is 2.92 bits per heavy atom. The minimum atomic E-state index is -0.317. The van der Waals surface area contributed by atoms with E-state index in [0.717, 1.165) is 16.8 Å². The van der Waals surface area contributed by atoms with E-state index in [-0.39, 0.29) is 12.2 Å². The van der Waals surface area contributed by atoms with Gasteiger partial charge in [0.2, 0.25) is 0 Å². The van der Waals surface area contributed by atoms with Crippen LogP contribution in [0.2, 0.25) is 0 Å². The number of aromatic amines is 1. The first kappa shape index (κ1) is 16.5. The maximum atomic E-state index is 9.70. The number of rotatable bonds is 5. The topological polar surface area (TPSA) is 92.6 Å². The normalized spacial score (nSPS) is 15.6. The van der Waals surface area contributed by atoms with Crippen molar-refractivity contribution in [3.63, 3.8) is 0 Å². The molecule has 1 aliphatic rings. The quantitative estimate of drug-likeness (QED) is 0.822. The Morgan fingerprint density at radius 1 is 1.42 bits per heavy atom. The molecule has 3 heterocycles. The molecule has 3 rings (SSSR count). The molecule has 6 heteroatoms. The van der Waals surface area contributed by atoms with Crippen LogP contribution < -0.4 is 10.3 Å². The lowest BCUT2D eigenvalue weighted by atomic mass is 9.87. The molecule has 0 atom stereocenters. The van der Waals surface area contributed by atoms with E-state index in [9.17, 15) is 5.26 Å². The number of hydrogen-bond donors (Lipinski definition) is 2. The third kappa shape index (κ3) is 3.14. The molecule has 3 N–H and O–H groups in total. The third-order valence-electron chi connectivity index (χ3n) is 4.19. The number of nitriles is 1. The van der Waals surface area contributed by atoms with Gasteiger partial charge in [0, 0.05) is 25.0 Å². The van der Waals surface area contributed by atoms with Gasteiger partial charge in [-0.05, 0) is 31.5 Å². The van der Waals surface area contributed by atoms with Gasteiger partial charge in [0.1, 0.15) is 11.6 Å². The first-order chi connectivity index (χ1) is 11.6. The highest BCUT2D eigenvalue weighted by Crippen LogP contribution is 2.36. The van der Waals surface area contributed by atoms with Crippen molar-refractivity contribution >= 4 is 5.82 Å². The number of H-pyrrole nitrogens is 1. The Labute approximate surface area is 141 Å². The number of hydrogen-bond acceptors (Lipinski definition) is 5. The lowest BCUT2D eigenvalue weighted by Gasteiger charge is -2.32. The lowest BCUT2D eigenvalue weighted by Crippen LogP contribution is -2.35. The fraction of sp³-hybridized carbons (Fsp3) is 0.444. The highest BCUT2D eigenvalue weighted by Gasteiger charge is 2.34. The van der Waals surface area contributed by atoms with Gasteiger partial charge in [-0.3, -0.25) is 5.32 Å². The zero-order valence-electron chi connectivity index (χ0n) is 14.0. The van der Waals surface area contributed by atoms with E-state index < -0.39 is 0 Å². The van der Waals surface area contributed by atoms with Gasteiger partial charge in [-0.15, -0.1) is 0 Å². The van der Waals surface area contributed by atoms with Crippen LogP contribution in [0.15, 0.2) is 22.8 Å². The fourth-order valence-corrected chi connectivity index (χ4v) is 2.99. The summed E-state index contributed by atoms with van der Waals surface area (Å²) in [5.41, 5.74) is 3.08. The van der Waals surface area contributed by atoms with Gasteiger partial charge in [0.25, 0.3) is 5.82 Å². The van der Waals surface area contributed by atoms with Gasteiger partial charge in [0.15, 0.2) is 11.5 Å². The minimum absolute atomic E-state index is 0.103. The molecule has 0 unspecified atom stereocenters. The van der Waals surface area contributed by atoms with Crippen LogP contribution in [0, 0.1) is 11.3 Å². The molecule has 0 aromatic carbocycles. The summed E-state index contributed by atoms with van der Waals surface area (Å²) in [6.07, 6.45) is 2.89. The van der Waals surface area contributed by atoms with Crippen LogP contribution in [0.4, 0.5) is 5.82 Å². The van der Waals surface area contributed by atoms with Crippen LogP contribution in [0.3, 0.4) is 0 Å². The van der Waals surface area contributed by atoms with Gasteiger partial charge in [-0.1, -0.05) is 0 Å². The molecule has 0 saturated heterocycles. The number of ether oxygens (including phenoxy) is 1. The van der Waals surface area contributed by atoms with E-state index >= 15 is 0 Å². The molecule has 0 spiro atoms. The summed E-state index contributed by atoms with van der Waals surface area (Å²) in [6.45, 7) is 5.17. The summed E-state index contributed by atoms with van der Waals surface area (Å²) in [6, 6.07) is 6.04. The Hall–Kier alpha value is -2.36. The second kappa shape index (κ2) is 6.63.